The average Bonchev–Trinajstić information content (AvgIpc) is 2.61. The molecule has 0 spiro atoms. The van der Waals surface area contributed by atoms with Crippen LogP contribution in [0.4, 0.5) is 0 Å². The maximum absolute atomic E-state index is 11.4. The molecule has 0 aliphatic carbocycles. The van der Waals surface area contributed by atoms with E-state index in [4.69, 9.17) is 9.47 Å². The fourth-order valence-corrected chi connectivity index (χ4v) is 3.25. The first-order valence-electron chi connectivity index (χ1n) is 10.9. The van der Waals surface area contributed by atoms with E-state index in [-0.39, 0.29) is 12.5 Å². The van der Waals surface area contributed by atoms with Crippen LogP contribution in [-0.4, -0.2) is 47.8 Å². The number of aliphatic hydroxyl groups is 1. The number of esters is 2. The molecule has 170 valence electrons. The largest absolute Gasteiger partial charge is 0.464 e. The van der Waals surface area contributed by atoms with E-state index in [0.717, 1.165) is 25.2 Å². The van der Waals surface area contributed by atoms with Gasteiger partial charge in [-0.25, -0.2) is 0 Å². The van der Waals surface area contributed by atoms with Crippen molar-refractivity contribution in [1.29, 1.82) is 0 Å². The van der Waals surface area contributed by atoms with Crippen LogP contribution in [0.15, 0.2) is 0 Å². The van der Waals surface area contributed by atoms with Crippen molar-refractivity contribution >= 4 is 17.8 Å². The molecule has 7 heteroatoms. The van der Waals surface area contributed by atoms with Crippen molar-refractivity contribution in [3.63, 3.8) is 0 Å². The highest BCUT2D eigenvalue weighted by atomic mass is 16.6. The minimum atomic E-state index is -1.15. The Morgan fingerprint density at radius 1 is 0.828 bits per heavy atom. The van der Waals surface area contributed by atoms with Gasteiger partial charge < -0.3 is 19.9 Å². The highest BCUT2D eigenvalue weighted by Crippen LogP contribution is 2.17. The molecular formula is C22H41NO6. The number of unbranched alkanes of at least 4 members (excludes halogenated alkanes) is 6. The zero-order chi connectivity index (χ0) is 22.2. The van der Waals surface area contributed by atoms with Gasteiger partial charge >= 0.3 is 11.9 Å². The molecule has 0 aliphatic rings. The number of amides is 1. The quantitative estimate of drug-likeness (QED) is 0.295. The summed E-state index contributed by atoms with van der Waals surface area (Å²) in [6, 6.07) is -0.832. The fourth-order valence-electron chi connectivity index (χ4n) is 3.25. The van der Waals surface area contributed by atoms with Crippen LogP contribution in [0, 0.1) is 5.92 Å². The first kappa shape index (κ1) is 27.4. The molecule has 0 saturated heterocycles. The summed E-state index contributed by atoms with van der Waals surface area (Å²) in [7, 11) is 0. The van der Waals surface area contributed by atoms with Crippen LogP contribution >= 0.6 is 0 Å². The third-order valence-electron chi connectivity index (χ3n) is 4.74. The van der Waals surface area contributed by atoms with E-state index in [0.29, 0.717) is 6.42 Å². The van der Waals surface area contributed by atoms with Gasteiger partial charge in [0.25, 0.3) is 0 Å². The van der Waals surface area contributed by atoms with E-state index in [1.165, 1.54) is 52.9 Å². The smallest absolute Gasteiger partial charge is 0.302 e. The van der Waals surface area contributed by atoms with Crippen molar-refractivity contribution < 1.29 is 29.0 Å². The van der Waals surface area contributed by atoms with Crippen LogP contribution in [0.1, 0.15) is 92.4 Å². The van der Waals surface area contributed by atoms with Crippen molar-refractivity contribution in [3.8, 4) is 0 Å². The van der Waals surface area contributed by atoms with E-state index in [2.05, 4.69) is 19.2 Å². The van der Waals surface area contributed by atoms with Gasteiger partial charge in [0.2, 0.25) is 5.91 Å². The Kier molecular flexibility index (Phi) is 15.3. The number of carbonyl (C=O) groups is 3. The van der Waals surface area contributed by atoms with Crippen molar-refractivity contribution in [1.82, 2.24) is 5.32 Å². The molecule has 0 rings (SSSR count). The highest BCUT2D eigenvalue weighted by Gasteiger charge is 2.31. The summed E-state index contributed by atoms with van der Waals surface area (Å²) in [5, 5.41) is 13.2. The third-order valence-corrected chi connectivity index (χ3v) is 4.74. The van der Waals surface area contributed by atoms with Crippen LogP contribution in [0.25, 0.3) is 0 Å². The van der Waals surface area contributed by atoms with E-state index in [1.54, 1.807) is 0 Å². The summed E-state index contributed by atoms with van der Waals surface area (Å²) >= 11 is 0. The van der Waals surface area contributed by atoms with Crippen LogP contribution in [-0.2, 0) is 23.9 Å². The van der Waals surface area contributed by atoms with Gasteiger partial charge in [-0.3, -0.25) is 14.4 Å². The van der Waals surface area contributed by atoms with Crippen LogP contribution in [0.5, 0.6) is 0 Å². The number of hydrogen-bond donors (Lipinski definition) is 2. The van der Waals surface area contributed by atoms with Gasteiger partial charge in [0, 0.05) is 20.8 Å². The molecule has 0 heterocycles. The summed E-state index contributed by atoms with van der Waals surface area (Å²) in [5.41, 5.74) is 0. The molecule has 3 atom stereocenters. The summed E-state index contributed by atoms with van der Waals surface area (Å²) in [4.78, 5) is 33.9. The standard InChI is InChI=1S/C22H41NO6/c1-16(2)13-11-9-7-6-8-10-12-14-21(29-19(5)26)22(27)20(23-17(3)24)15-28-18(4)25/h16,20-22,27H,6-15H2,1-5H3,(H,23,24)/t20-,21+,22-/m0/s1. The molecule has 0 bridgehead atoms. The lowest BCUT2D eigenvalue weighted by molar-refractivity contribution is -0.157. The minimum Gasteiger partial charge on any atom is -0.464 e. The van der Waals surface area contributed by atoms with E-state index in [9.17, 15) is 19.5 Å². The second kappa shape index (κ2) is 16.2. The van der Waals surface area contributed by atoms with Gasteiger partial charge in [-0.1, -0.05) is 58.8 Å². The Morgan fingerprint density at radius 3 is 1.79 bits per heavy atom. The molecule has 2 N–H and O–H groups in total. The molecule has 0 aromatic heterocycles. The first-order chi connectivity index (χ1) is 13.6. The minimum absolute atomic E-state index is 0.176. The maximum atomic E-state index is 11.4. The van der Waals surface area contributed by atoms with Crippen LogP contribution < -0.4 is 5.32 Å². The molecule has 0 aromatic rings. The van der Waals surface area contributed by atoms with Gasteiger partial charge in [-0.05, 0) is 18.8 Å². The van der Waals surface area contributed by atoms with Gasteiger partial charge in [-0.2, -0.15) is 0 Å². The summed E-state index contributed by atoms with van der Waals surface area (Å²) in [6.45, 7) is 8.17. The summed E-state index contributed by atoms with van der Waals surface area (Å²) < 4.78 is 10.2. The topological polar surface area (TPSA) is 102 Å². The third kappa shape index (κ3) is 15.9. The lowest BCUT2D eigenvalue weighted by Gasteiger charge is -2.29. The Bertz CT molecular complexity index is 480. The number of ether oxygens (including phenoxy) is 2. The highest BCUT2D eigenvalue weighted by molar-refractivity contribution is 5.73. The van der Waals surface area contributed by atoms with Crippen molar-refractivity contribution in [2.75, 3.05) is 6.61 Å². The van der Waals surface area contributed by atoms with Crippen molar-refractivity contribution in [3.05, 3.63) is 0 Å². The zero-order valence-electron chi connectivity index (χ0n) is 18.9. The summed E-state index contributed by atoms with van der Waals surface area (Å²) in [5.74, 6) is -0.597. The molecule has 0 aliphatic heterocycles. The molecule has 29 heavy (non-hydrogen) atoms. The SMILES string of the molecule is CC(=O)N[C@@H](COC(C)=O)[C@H](O)[C@@H](CCCCCCCCCC(C)C)OC(C)=O. The molecule has 1 amide bonds. The molecular weight excluding hydrogens is 374 g/mol. The second-order valence-electron chi connectivity index (χ2n) is 8.19. The number of nitrogens with one attached hydrogen (secondary N) is 1. The van der Waals surface area contributed by atoms with E-state index in [1.807, 2.05) is 0 Å². The van der Waals surface area contributed by atoms with Gasteiger partial charge in [0.1, 0.15) is 18.8 Å². The fraction of sp³-hybridized carbons (Fsp3) is 0.864. The first-order valence-corrected chi connectivity index (χ1v) is 10.9. The van der Waals surface area contributed by atoms with E-state index < -0.39 is 30.2 Å². The predicted molar refractivity (Wildman–Crippen MR) is 112 cm³/mol. The second-order valence-corrected chi connectivity index (χ2v) is 8.19. The molecule has 0 aromatic carbocycles. The van der Waals surface area contributed by atoms with Crippen molar-refractivity contribution in [2.45, 2.75) is 111 Å². The molecule has 0 radical (unpaired) electrons. The molecule has 0 unspecified atom stereocenters. The Balaban J connectivity index is 4.43. The lowest BCUT2D eigenvalue weighted by atomic mass is 9.98. The average molecular weight is 416 g/mol. The van der Waals surface area contributed by atoms with E-state index >= 15 is 0 Å². The molecule has 7 nitrogen and oxygen atoms in total. The monoisotopic (exact) mass is 415 g/mol. The molecule has 0 saturated carbocycles. The van der Waals surface area contributed by atoms with Gasteiger partial charge in [0.05, 0.1) is 6.04 Å². The Labute approximate surface area is 175 Å². The lowest BCUT2D eigenvalue weighted by Crippen LogP contribution is -2.51. The maximum Gasteiger partial charge on any atom is 0.302 e. The number of hydrogen-bond acceptors (Lipinski definition) is 6. The number of rotatable bonds is 16. The number of carbonyl (C=O) groups excluding carboxylic acids is 3. The van der Waals surface area contributed by atoms with Crippen molar-refractivity contribution in [2.24, 2.45) is 5.92 Å². The zero-order valence-corrected chi connectivity index (χ0v) is 18.9. The summed E-state index contributed by atoms with van der Waals surface area (Å²) in [6.07, 6.45) is 7.72. The predicted octanol–water partition coefficient (Wildman–Crippen LogP) is 3.51. The number of aliphatic hydroxyl groups excluding tert-OH is 1. The Hall–Kier alpha value is -1.63. The molecule has 0 fully saturated rings. The van der Waals surface area contributed by atoms with Crippen LogP contribution in [0.2, 0.25) is 0 Å². The van der Waals surface area contributed by atoms with Crippen LogP contribution in [0.3, 0.4) is 0 Å². The van der Waals surface area contributed by atoms with Gasteiger partial charge in [-0.15, -0.1) is 0 Å². The Morgan fingerprint density at radius 2 is 1.34 bits per heavy atom. The normalized spacial score (nSPS) is 14.2. The van der Waals surface area contributed by atoms with Gasteiger partial charge in [0.15, 0.2) is 0 Å².